The van der Waals surface area contributed by atoms with Crippen LogP contribution in [0.1, 0.15) is 47.4 Å². The van der Waals surface area contributed by atoms with Crippen LogP contribution in [0.2, 0.25) is 0 Å². The van der Waals surface area contributed by atoms with Gasteiger partial charge in [0.05, 0.1) is 24.3 Å². The van der Waals surface area contributed by atoms with Crippen molar-refractivity contribution >= 4 is 28.8 Å². The van der Waals surface area contributed by atoms with Gasteiger partial charge in [-0.25, -0.2) is 0 Å². The number of amides is 1. The summed E-state index contributed by atoms with van der Waals surface area (Å²) in [7, 11) is 1.52. The molecule has 2 aromatic rings. The molecule has 148 valence electrons. The van der Waals surface area contributed by atoms with Crippen molar-refractivity contribution in [1.29, 1.82) is 0 Å². The standard InChI is InChI=1S/C22H25NO4S/c1-5-6-10-23-18(21-14(3)9-11-28-21)17(20(25)22(23)26)19(24)15-12-13(2)7-8-16(15)27-4/h7-9,11-12,18,24H,5-6,10H2,1-4H3/b19-17+. The molecule has 5 nitrogen and oxygen atoms in total. The predicted octanol–water partition coefficient (Wildman–Crippen LogP) is 4.60. The molecule has 1 saturated heterocycles. The third-order valence-electron chi connectivity index (χ3n) is 5.05. The highest BCUT2D eigenvalue weighted by Gasteiger charge is 2.46. The highest BCUT2D eigenvalue weighted by atomic mass is 32.1. The molecule has 28 heavy (non-hydrogen) atoms. The maximum atomic E-state index is 12.9. The van der Waals surface area contributed by atoms with Gasteiger partial charge in [-0.2, -0.15) is 0 Å². The molecule has 1 aromatic heterocycles. The Balaban J connectivity index is 2.23. The van der Waals surface area contributed by atoms with Crippen LogP contribution in [0.25, 0.3) is 5.76 Å². The molecule has 1 N–H and O–H groups in total. The van der Waals surface area contributed by atoms with Crippen molar-refractivity contribution in [3.63, 3.8) is 0 Å². The number of nitrogens with zero attached hydrogens (tertiary/aromatic N) is 1. The van der Waals surface area contributed by atoms with E-state index in [9.17, 15) is 14.7 Å². The van der Waals surface area contributed by atoms with Crippen molar-refractivity contribution in [2.45, 2.75) is 39.7 Å². The van der Waals surface area contributed by atoms with Crippen molar-refractivity contribution in [2.24, 2.45) is 0 Å². The van der Waals surface area contributed by atoms with Crippen molar-refractivity contribution in [2.75, 3.05) is 13.7 Å². The summed E-state index contributed by atoms with van der Waals surface area (Å²) in [6.45, 7) is 6.38. The SMILES string of the molecule is CCCCN1C(=O)C(=O)/C(=C(/O)c2cc(C)ccc2OC)C1c1sccc1C. The number of Topliss-reactive ketones (excluding diaryl/α,β-unsaturated/α-hetero) is 1. The van der Waals surface area contributed by atoms with Crippen LogP contribution in [0.4, 0.5) is 0 Å². The zero-order valence-corrected chi connectivity index (χ0v) is 17.4. The molecule has 1 aliphatic rings. The second-order valence-corrected chi connectivity index (χ2v) is 7.97. The summed E-state index contributed by atoms with van der Waals surface area (Å²) in [5.74, 6) is -0.922. The first-order chi connectivity index (χ1) is 13.4. The smallest absolute Gasteiger partial charge is 0.295 e. The van der Waals surface area contributed by atoms with Crippen molar-refractivity contribution in [3.8, 4) is 5.75 Å². The summed E-state index contributed by atoms with van der Waals surface area (Å²) in [5.41, 5.74) is 2.48. The van der Waals surface area contributed by atoms with E-state index in [4.69, 9.17) is 4.74 Å². The number of rotatable bonds is 6. The van der Waals surface area contributed by atoms with Gasteiger partial charge < -0.3 is 14.7 Å². The Morgan fingerprint density at radius 2 is 2.00 bits per heavy atom. The first-order valence-electron chi connectivity index (χ1n) is 9.38. The number of unbranched alkanes of at least 4 members (excludes halogenated alkanes) is 1. The summed E-state index contributed by atoms with van der Waals surface area (Å²) < 4.78 is 5.38. The molecular weight excluding hydrogens is 374 g/mol. The maximum Gasteiger partial charge on any atom is 0.295 e. The molecule has 0 saturated carbocycles. The van der Waals surface area contributed by atoms with Gasteiger partial charge in [-0.05, 0) is 49.4 Å². The first-order valence-corrected chi connectivity index (χ1v) is 10.3. The predicted molar refractivity (Wildman–Crippen MR) is 111 cm³/mol. The summed E-state index contributed by atoms with van der Waals surface area (Å²) in [6, 6.07) is 6.79. The highest BCUT2D eigenvalue weighted by Crippen LogP contribution is 2.43. The number of carbonyl (C=O) groups is 2. The minimum absolute atomic E-state index is 0.135. The highest BCUT2D eigenvalue weighted by molar-refractivity contribution is 7.10. The number of likely N-dealkylation sites (tertiary alicyclic amines) is 1. The zero-order valence-electron chi connectivity index (χ0n) is 16.6. The summed E-state index contributed by atoms with van der Waals surface area (Å²) >= 11 is 1.49. The monoisotopic (exact) mass is 399 g/mol. The van der Waals surface area contributed by atoms with Crippen LogP contribution in [-0.4, -0.2) is 35.4 Å². The molecule has 1 unspecified atom stereocenters. The van der Waals surface area contributed by atoms with Gasteiger partial charge in [0, 0.05) is 11.4 Å². The number of thiophene rings is 1. The molecule has 0 bridgehead atoms. The number of aryl methyl sites for hydroxylation is 2. The van der Waals surface area contributed by atoms with Gasteiger partial charge in [0.2, 0.25) is 0 Å². The normalized spacial score (nSPS) is 18.7. The molecule has 3 rings (SSSR count). The largest absolute Gasteiger partial charge is 0.507 e. The molecule has 1 atom stereocenters. The average molecular weight is 400 g/mol. The van der Waals surface area contributed by atoms with E-state index >= 15 is 0 Å². The van der Waals surface area contributed by atoms with E-state index in [0.717, 1.165) is 28.8 Å². The third-order valence-corrected chi connectivity index (χ3v) is 6.12. The van der Waals surface area contributed by atoms with Gasteiger partial charge in [-0.3, -0.25) is 9.59 Å². The number of aliphatic hydroxyl groups excluding tert-OH is 1. The second kappa shape index (κ2) is 8.19. The lowest BCUT2D eigenvalue weighted by molar-refractivity contribution is -0.139. The minimum Gasteiger partial charge on any atom is -0.507 e. The molecule has 1 aromatic carbocycles. The van der Waals surface area contributed by atoms with Gasteiger partial charge >= 0.3 is 0 Å². The van der Waals surface area contributed by atoms with Crippen LogP contribution in [0.15, 0.2) is 35.2 Å². The van der Waals surface area contributed by atoms with E-state index in [-0.39, 0.29) is 11.3 Å². The number of aliphatic hydroxyl groups is 1. The quantitative estimate of drug-likeness (QED) is 0.438. The number of carbonyl (C=O) groups excluding carboxylic acids is 2. The Bertz CT molecular complexity index is 944. The Morgan fingerprint density at radius 3 is 2.61 bits per heavy atom. The molecule has 0 spiro atoms. The molecular formula is C22H25NO4S. The summed E-state index contributed by atoms with van der Waals surface area (Å²) in [4.78, 5) is 28.3. The molecule has 1 fully saturated rings. The van der Waals surface area contributed by atoms with Crippen LogP contribution in [-0.2, 0) is 9.59 Å². The van der Waals surface area contributed by atoms with Gasteiger partial charge in [0.25, 0.3) is 11.7 Å². The fraction of sp³-hybridized carbons (Fsp3) is 0.364. The number of ketones is 1. The van der Waals surface area contributed by atoms with Crippen molar-refractivity contribution < 1.29 is 19.4 Å². The third kappa shape index (κ3) is 3.44. The molecule has 2 heterocycles. The maximum absolute atomic E-state index is 12.9. The number of hydrogen-bond donors (Lipinski definition) is 1. The Kier molecular flexibility index (Phi) is 5.89. The number of methoxy groups -OCH3 is 1. The minimum atomic E-state index is -0.644. The van der Waals surface area contributed by atoms with Crippen LogP contribution in [0.3, 0.4) is 0 Å². The molecule has 6 heteroatoms. The van der Waals surface area contributed by atoms with E-state index in [1.165, 1.54) is 18.4 Å². The first kappa shape index (κ1) is 20.1. The van der Waals surface area contributed by atoms with Gasteiger partial charge in [0.15, 0.2) is 0 Å². The molecule has 0 aliphatic carbocycles. The van der Waals surface area contributed by atoms with Crippen LogP contribution < -0.4 is 4.74 Å². The topological polar surface area (TPSA) is 66.8 Å². The van der Waals surface area contributed by atoms with E-state index in [1.54, 1.807) is 17.0 Å². The lowest BCUT2D eigenvalue weighted by atomic mass is 9.97. The summed E-state index contributed by atoms with van der Waals surface area (Å²) in [5, 5.41) is 13.1. The second-order valence-electron chi connectivity index (χ2n) is 7.02. The Labute approximate surface area is 169 Å². The molecule has 1 amide bonds. The van der Waals surface area contributed by atoms with Gasteiger partial charge in [-0.15, -0.1) is 11.3 Å². The van der Waals surface area contributed by atoms with Crippen LogP contribution >= 0.6 is 11.3 Å². The average Bonchev–Trinajstić information content (AvgIpc) is 3.21. The van der Waals surface area contributed by atoms with Gasteiger partial charge in [-0.1, -0.05) is 25.0 Å². The lowest BCUT2D eigenvalue weighted by Gasteiger charge is -2.25. The van der Waals surface area contributed by atoms with Crippen LogP contribution in [0, 0.1) is 13.8 Å². The molecule has 1 aliphatic heterocycles. The van der Waals surface area contributed by atoms with Crippen molar-refractivity contribution in [3.05, 3.63) is 56.8 Å². The number of hydrogen-bond acceptors (Lipinski definition) is 5. The fourth-order valence-electron chi connectivity index (χ4n) is 3.53. The Morgan fingerprint density at radius 1 is 1.25 bits per heavy atom. The molecule has 0 radical (unpaired) electrons. The van der Waals surface area contributed by atoms with Crippen molar-refractivity contribution in [1.82, 2.24) is 4.90 Å². The fourth-order valence-corrected chi connectivity index (χ4v) is 4.57. The van der Waals surface area contributed by atoms with E-state index in [0.29, 0.717) is 17.9 Å². The summed E-state index contributed by atoms with van der Waals surface area (Å²) in [6.07, 6.45) is 1.70. The van der Waals surface area contributed by atoms with Crippen LogP contribution in [0.5, 0.6) is 5.75 Å². The number of ether oxygens (including phenoxy) is 1. The van der Waals surface area contributed by atoms with E-state index < -0.39 is 17.7 Å². The lowest BCUT2D eigenvalue weighted by Crippen LogP contribution is -2.30. The number of benzene rings is 1. The van der Waals surface area contributed by atoms with E-state index in [2.05, 4.69) is 0 Å². The van der Waals surface area contributed by atoms with Gasteiger partial charge in [0.1, 0.15) is 11.5 Å². The zero-order chi connectivity index (χ0) is 20.4. The van der Waals surface area contributed by atoms with E-state index in [1.807, 2.05) is 38.3 Å². The Hall–Kier alpha value is -2.60.